The summed E-state index contributed by atoms with van der Waals surface area (Å²) in [5.74, 6) is -0.113. The first-order valence-electron chi connectivity index (χ1n) is 5.41. The number of hydrogen-bond acceptors (Lipinski definition) is 3. The molecule has 1 amide bonds. The van der Waals surface area contributed by atoms with Gasteiger partial charge >= 0.3 is 0 Å². The molecule has 0 aromatic rings. The molecule has 1 fully saturated rings. The highest BCUT2D eigenvalue weighted by Crippen LogP contribution is 2.15. The van der Waals surface area contributed by atoms with Crippen molar-refractivity contribution in [1.29, 1.82) is 0 Å². The molecular formula is C11H16N2O2. The van der Waals surface area contributed by atoms with E-state index in [1.54, 1.807) is 0 Å². The van der Waals surface area contributed by atoms with Gasteiger partial charge in [-0.15, -0.1) is 0 Å². The maximum absolute atomic E-state index is 11.5. The summed E-state index contributed by atoms with van der Waals surface area (Å²) >= 11 is 0. The highest BCUT2D eigenvalue weighted by molar-refractivity contribution is 5.98. The van der Waals surface area contributed by atoms with Crippen molar-refractivity contribution in [3.05, 3.63) is 11.6 Å². The van der Waals surface area contributed by atoms with Gasteiger partial charge in [-0.2, -0.15) is 5.10 Å². The third-order valence-corrected chi connectivity index (χ3v) is 2.72. The zero-order chi connectivity index (χ0) is 10.7. The summed E-state index contributed by atoms with van der Waals surface area (Å²) in [7, 11) is 0. The first-order valence-corrected chi connectivity index (χ1v) is 5.41. The van der Waals surface area contributed by atoms with Crippen LogP contribution >= 0.6 is 0 Å². The van der Waals surface area contributed by atoms with Crippen molar-refractivity contribution in [3.8, 4) is 0 Å². The van der Waals surface area contributed by atoms with Gasteiger partial charge in [-0.25, -0.2) is 5.43 Å². The minimum absolute atomic E-state index is 0.113. The van der Waals surface area contributed by atoms with E-state index in [-0.39, 0.29) is 12.0 Å². The van der Waals surface area contributed by atoms with Gasteiger partial charge < -0.3 is 4.74 Å². The normalized spacial score (nSPS) is 28.2. The van der Waals surface area contributed by atoms with E-state index in [4.69, 9.17) is 4.74 Å². The number of amides is 1. The van der Waals surface area contributed by atoms with Crippen LogP contribution in [-0.4, -0.2) is 24.3 Å². The third kappa shape index (κ3) is 2.65. The van der Waals surface area contributed by atoms with Gasteiger partial charge in [0.2, 0.25) is 0 Å². The summed E-state index contributed by atoms with van der Waals surface area (Å²) in [6.45, 7) is 2.76. The molecule has 0 saturated carbocycles. The average Bonchev–Trinajstić information content (AvgIpc) is 2.84. The molecule has 1 unspecified atom stereocenters. The van der Waals surface area contributed by atoms with E-state index in [1.165, 1.54) is 5.57 Å². The molecule has 15 heavy (non-hydrogen) atoms. The second-order valence-electron chi connectivity index (χ2n) is 4.07. The second kappa shape index (κ2) is 4.57. The Morgan fingerprint density at radius 3 is 3.07 bits per heavy atom. The Bertz CT molecular complexity index is 315. The summed E-state index contributed by atoms with van der Waals surface area (Å²) < 4.78 is 5.25. The lowest BCUT2D eigenvalue weighted by Gasteiger charge is -2.06. The maximum atomic E-state index is 11.5. The minimum atomic E-state index is -0.291. The van der Waals surface area contributed by atoms with Crippen molar-refractivity contribution >= 4 is 11.6 Å². The largest absolute Gasteiger partial charge is 0.368 e. The molecule has 2 aliphatic rings. The molecule has 1 heterocycles. The Morgan fingerprint density at radius 1 is 1.60 bits per heavy atom. The number of nitrogens with zero attached hydrogens (tertiary/aromatic N) is 1. The van der Waals surface area contributed by atoms with Crippen LogP contribution in [0.5, 0.6) is 0 Å². The number of hydrazone groups is 1. The van der Waals surface area contributed by atoms with E-state index in [0.29, 0.717) is 6.61 Å². The summed E-state index contributed by atoms with van der Waals surface area (Å²) in [6.07, 6.45) is 5.49. The molecule has 0 aromatic carbocycles. The van der Waals surface area contributed by atoms with Crippen molar-refractivity contribution in [2.24, 2.45) is 5.10 Å². The highest BCUT2D eigenvalue weighted by atomic mass is 16.5. The third-order valence-electron chi connectivity index (χ3n) is 2.72. The van der Waals surface area contributed by atoms with E-state index >= 15 is 0 Å². The molecule has 1 aliphatic heterocycles. The van der Waals surface area contributed by atoms with Gasteiger partial charge in [0.1, 0.15) is 6.10 Å². The van der Waals surface area contributed by atoms with E-state index in [0.717, 1.165) is 31.4 Å². The number of hydrogen-bond donors (Lipinski definition) is 1. The topological polar surface area (TPSA) is 50.7 Å². The second-order valence-corrected chi connectivity index (χ2v) is 4.07. The van der Waals surface area contributed by atoms with Crippen molar-refractivity contribution in [3.63, 3.8) is 0 Å². The first-order chi connectivity index (χ1) is 7.25. The molecule has 0 radical (unpaired) electrons. The number of nitrogens with one attached hydrogen (secondary N) is 1. The molecule has 2 rings (SSSR count). The molecule has 4 heteroatoms. The van der Waals surface area contributed by atoms with Gasteiger partial charge in [0.15, 0.2) is 0 Å². The van der Waals surface area contributed by atoms with Gasteiger partial charge in [0, 0.05) is 6.61 Å². The number of rotatable bonds is 2. The van der Waals surface area contributed by atoms with Crippen molar-refractivity contribution in [2.45, 2.75) is 38.7 Å². The molecule has 0 aromatic heterocycles. The predicted molar refractivity (Wildman–Crippen MR) is 57.5 cm³/mol. The highest BCUT2D eigenvalue weighted by Gasteiger charge is 2.23. The summed E-state index contributed by atoms with van der Waals surface area (Å²) in [5.41, 5.74) is 4.84. The fourth-order valence-corrected chi connectivity index (χ4v) is 1.83. The molecule has 1 saturated heterocycles. The Balaban J connectivity index is 1.84. The first kappa shape index (κ1) is 10.4. The lowest BCUT2D eigenvalue weighted by molar-refractivity contribution is -0.130. The van der Waals surface area contributed by atoms with Crippen LogP contribution in [0.1, 0.15) is 32.6 Å². The van der Waals surface area contributed by atoms with Crippen LogP contribution in [0, 0.1) is 0 Å². The Labute approximate surface area is 89.4 Å². The van der Waals surface area contributed by atoms with Crippen molar-refractivity contribution in [1.82, 2.24) is 5.43 Å². The number of allylic oxidation sites excluding steroid dienone is 2. The lowest BCUT2D eigenvalue weighted by Crippen LogP contribution is -2.31. The smallest absolute Gasteiger partial charge is 0.269 e. The zero-order valence-corrected chi connectivity index (χ0v) is 8.95. The van der Waals surface area contributed by atoms with Crippen LogP contribution in [0.4, 0.5) is 0 Å². The minimum Gasteiger partial charge on any atom is -0.368 e. The molecule has 4 nitrogen and oxygen atoms in total. The van der Waals surface area contributed by atoms with Gasteiger partial charge in [-0.05, 0) is 38.7 Å². The Hall–Kier alpha value is -1.16. The SMILES string of the molecule is CC1=C/C(=N\NC(=O)C2CCCO2)CC1. The fraction of sp³-hybridized carbons (Fsp3) is 0.636. The van der Waals surface area contributed by atoms with E-state index in [9.17, 15) is 4.79 Å². The molecule has 1 aliphatic carbocycles. The zero-order valence-electron chi connectivity index (χ0n) is 8.95. The standard InChI is InChI=1S/C11H16N2O2/c1-8-4-5-9(7-8)12-13-11(14)10-3-2-6-15-10/h7,10H,2-6H2,1H3,(H,13,14)/b12-9-. The number of ether oxygens (including phenoxy) is 1. The maximum Gasteiger partial charge on any atom is 0.269 e. The van der Waals surface area contributed by atoms with Crippen LogP contribution in [-0.2, 0) is 9.53 Å². The van der Waals surface area contributed by atoms with Crippen LogP contribution in [0.25, 0.3) is 0 Å². The molecule has 1 atom stereocenters. The van der Waals surface area contributed by atoms with E-state index < -0.39 is 0 Å². The fourth-order valence-electron chi connectivity index (χ4n) is 1.83. The van der Waals surface area contributed by atoms with Gasteiger partial charge in [0.25, 0.3) is 5.91 Å². The predicted octanol–water partition coefficient (Wildman–Crippen LogP) is 1.38. The molecular weight excluding hydrogens is 192 g/mol. The molecule has 0 spiro atoms. The summed E-state index contributed by atoms with van der Waals surface area (Å²) in [5, 5.41) is 4.08. The molecule has 82 valence electrons. The van der Waals surface area contributed by atoms with E-state index in [1.807, 2.05) is 6.08 Å². The Kier molecular flexibility index (Phi) is 3.16. The summed E-state index contributed by atoms with van der Waals surface area (Å²) in [6, 6.07) is 0. The molecule has 0 bridgehead atoms. The lowest BCUT2D eigenvalue weighted by atomic mass is 10.2. The molecule has 1 N–H and O–H groups in total. The van der Waals surface area contributed by atoms with Gasteiger partial charge in [0.05, 0.1) is 5.71 Å². The average molecular weight is 208 g/mol. The quantitative estimate of drug-likeness (QED) is 0.697. The monoisotopic (exact) mass is 208 g/mol. The van der Waals surface area contributed by atoms with Crippen LogP contribution in [0.15, 0.2) is 16.8 Å². The van der Waals surface area contributed by atoms with Crippen LogP contribution < -0.4 is 5.43 Å². The van der Waals surface area contributed by atoms with Gasteiger partial charge in [-0.3, -0.25) is 4.79 Å². The van der Waals surface area contributed by atoms with Crippen molar-refractivity contribution < 1.29 is 9.53 Å². The van der Waals surface area contributed by atoms with Gasteiger partial charge in [-0.1, -0.05) is 5.57 Å². The van der Waals surface area contributed by atoms with Crippen LogP contribution in [0.3, 0.4) is 0 Å². The van der Waals surface area contributed by atoms with Crippen LogP contribution in [0.2, 0.25) is 0 Å². The van der Waals surface area contributed by atoms with E-state index in [2.05, 4.69) is 17.5 Å². The number of carbonyl (C=O) groups excluding carboxylic acids is 1. The summed E-state index contributed by atoms with van der Waals surface area (Å²) in [4.78, 5) is 11.5. The number of carbonyl (C=O) groups is 1. The van der Waals surface area contributed by atoms with Crippen molar-refractivity contribution in [2.75, 3.05) is 6.61 Å². The Morgan fingerprint density at radius 2 is 2.47 bits per heavy atom.